The molecule has 0 heterocycles. The van der Waals surface area contributed by atoms with Gasteiger partial charge in [0.25, 0.3) is 0 Å². The van der Waals surface area contributed by atoms with Gasteiger partial charge < -0.3 is 0 Å². The van der Waals surface area contributed by atoms with E-state index in [2.05, 4.69) is 127 Å². The summed E-state index contributed by atoms with van der Waals surface area (Å²) in [7, 11) is 0. The minimum Gasteiger partial charge on any atom is -0.0488 e. The third-order valence-electron chi connectivity index (χ3n) is 2.28. The fourth-order valence-electron chi connectivity index (χ4n) is 1.46. The van der Waals surface area contributed by atoms with Gasteiger partial charge in [-0.05, 0) is 127 Å². The van der Waals surface area contributed by atoms with E-state index in [1.807, 2.05) is 0 Å². The van der Waals surface area contributed by atoms with Gasteiger partial charge in [-0.25, -0.2) is 0 Å². The average molecular weight is 759 g/mol. The van der Waals surface area contributed by atoms with Crippen LogP contribution in [0.3, 0.4) is 0 Å². The molecule has 0 radical (unpaired) electrons. The lowest BCUT2D eigenvalue weighted by Gasteiger charge is -2.15. The van der Waals surface area contributed by atoms with Crippen molar-refractivity contribution < 1.29 is 0 Å². The molecule has 96 valence electrons. The van der Waals surface area contributed by atoms with Crippen molar-refractivity contribution in [1.29, 1.82) is 0 Å². The second-order valence-electron chi connectivity index (χ2n) is 3.26. The lowest BCUT2D eigenvalue weighted by molar-refractivity contribution is 1.49. The molecule has 0 bridgehead atoms. The standard InChI is InChI=1S/C10Br8/c11-3-1-2(5(13)9(17)7(3)15)6(14)10(18)8(16)4(1)12. The van der Waals surface area contributed by atoms with Crippen LogP contribution in [0.2, 0.25) is 0 Å². The van der Waals surface area contributed by atoms with E-state index in [1.54, 1.807) is 0 Å². The number of rotatable bonds is 0. The zero-order valence-corrected chi connectivity index (χ0v) is 20.7. The topological polar surface area (TPSA) is 0 Å². The minimum absolute atomic E-state index is 0.962. The first kappa shape index (κ1) is 16.9. The zero-order valence-electron chi connectivity index (χ0n) is 8.02. The van der Waals surface area contributed by atoms with Crippen molar-refractivity contribution in [1.82, 2.24) is 0 Å². The summed E-state index contributed by atoms with van der Waals surface area (Å²) in [6.45, 7) is 0. The summed E-state index contributed by atoms with van der Waals surface area (Å²) in [4.78, 5) is 0. The monoisotopic (exact) mass is 751 g/mol. The molecule has 0 unspecified atom stereocenters. The highest BCUT2D eigenvalue weighted by atomic mass is 79.9. The summed E-state index contributed by atoms with van der Waals surface area (Å²) in [5.74, 6) is 0. The molecule has 0 aliphatic carbocycles. The maximum absolute atomic E-state index is 3.62. The van der Waals surface area contributed by atoms with Crippen molar-refractivity contribution in [2.24, 2.45) is 0 Å². The van der Waals surface area contributed by atoms with E-state index in [4.69, 9.17) is 0 Å². The molecule has 0 atom stereocenters. The summed E-state index contributed by atoms with van der Waals surface area (Å²) in [5, 5.41) is 2.14. The fraction of sp³-hybridized carbons (Fsp3) is 0. The Kier molecular flexibility index (Phi) is 5.96. The van der Waals surface area contributed by atoms with E-state index in [0.717, 1.165) is 46.6 Å². The number of benzene rings is 2. The Balaban J connectivity index is 3.22. The van der Waals surface area contributed by atoms with Gasteiger partial charge in [0.1, 0.15) is 0 Å². The molecule has 0 fully saturated rings. The van der Waals surface area contributed by atoms with Gasteiger partial charge >= 0.3 is 0 Å². The molecular weight excluding hydrogens is 759 g/mol. The molecule has 0 saturated heterocycles. The van der Waals surface area contributed by atoms with Gasteiger partial charge in [-0.2, -0.15) is 0 Å². The molecule has 18 heavy (non-hydrogen) atoms. The highest BCUT2D eigenvalue weighted by Crippen LogP contribution is 2.52. The second kappa shape index (κ2) is 6.34. The molecule has 2 rings (SSSR count). The Hall–Kier alpha value is 2.54. The molecule has 0 aromatic heterocycles. The van der Waals surface area contributed by atoms with E-state index in [1.165, 1.54) is 0 Å². The summed E-state index contributed by atoms with van der Waals surface area (Å²) in [5.41, 5.74) is 0. The van der Waals surface area contributed by atoms with E-state index < -0.39 is 0 Å². The Labute approximate surface area is 171 Å². The van der Waals surface area contributed by atoms with Gasteiger partial charge in [0.05, 0.1) is 0 Å². The molecule has 0 saturated carbocycles. The van der Waals surface area contributed by atoms with Crippen LogP contribution in [-0.4, -0.2) is 0 Å². The van der Waals surface area contributed by atoms with Gasteiger partial charge in [0.15, 0.2) is 0 Å². The quantitative estimate of drug-likeness (QED) is 0.186. The molecular formula is C10Br8. The minimum atomic E-state index is 0.962. The van der Waals surface area contributed by atoms with Crippen molar-refractivity contribution in [3.63, 3.8) is 0 Å². The summed E-state index contributed by atoms with van der Waals surface area (Å²) in [6, 6.07) is 0. The number of fused-ring (bicyclic) bond motifs is 1. The largest absolute Gasteiger partial charge is 0.0488 e. The van der Waals surface area contributed by atoms with Crippen molar-refractivity contribution in [2.45, 2.75) is 0 Å². The highest BCUT2D eigenvalue weighted by molar-refractivity contribution is 9.16. The van der Waals surface area contributed by atoms with Gasteiger partial charge in [-0.1, -0.05) is 0 Å². The molecule has 0 nitrogen and oxygen atoms in total. The molecule has 2 aromatic carbocycles. The average Bonchev–Trinajstić information content (AvgIpc) is 2.35. The van der Waals surface area contributed by atoms with Crippen molar-refractivity contribution >= 4 is 138 Å². The van der Waals surface area contributed by atoms with Crippen LogP contribution in [0.5, 0.6) is 0 Å². The maximum Gasteiger partial charge on any atom is 0.0477 e. The van der Waals surface area contributed by atoms with Crippen LogP contribution in [0.4, 0.5) is 0 Å². The third-order valence-corrected chi connectivity index (χ3v) is 11.8. The number of hydrogen-bond acceptors (Lipinski definition) is 0. The third kappa shape index (κ3) is 2.63. The summed E-state index contributed by atoms with van der Waals surface area (Å²) >= 11 is 28.8. The number of hydrogen-bond donors (Lipinski definition) is 0. The molecule has 8 heteroatoms. The molecule has 0 spiro atoms. The Morgan fingerprint density at radius 1 is 0.278 bits per heavy atom. The smallest absolute Gasteiger partial charge is 0.0477 e. The van der Waals surface area contributed by atoms with Gasteiger partial charge in [0, 0.05) is 46.6 Å². The second-order valence-corrected chi connectivity index (χ2v) is 9.61. The van der Waals surface area contributed by atoms with Crippen LogP contribution in [0.25, 0.3) is 10.8 Å². The first-order valence-electron chi connectivity index (χ1n) is 4.26. The fourth-order valence-corrected chi connectivity index (χ4v) is 7.02. The van der Waals surface area contributed by atoms with Gasteiger partial charge in [0.2, 0.25) is 0 Å². The normalized spacial score (nSPS) is 11.3. The van der Waals surface area contributed by atoms with E-state index in [-0.39, 0.29) is 0 Å². The van der Waals surface area contributed by atoms with Crippen LogP contribution >= 0.6 is 127 Å². The molecule has 0 aliphatic heterocycles. The van der Waals surface area contributed by atoms with Crippen LogP contribution in [0.1, 0.15) is 0 Å². The maximum atomic E-state index is 3.62. The summed E-state index contributed by atoms with van der Waals surface area (Å²) < 4.78 is 7.77. The van der Waals surface area contributed by atoms with Crippen LogP contribution in [-0.2, 0) is 0 Å². The molecule has 0 N–H and O–H groups in total. The first-order valence-corrected chi connectivity index (χ1v) is 10.6. The lowest BCUT2D eigenvalue weighted by atomic mass is 10.1. The molecule has 0 amide bonds. The van der Waals surface area contributed by atoms with Crippen LogP contribution in [0.15, 0.2) is 35.8 Å². The molecule has 0 aliphatic rings. The van der Waals surface area contributed by atoms with Crippen LogP contribution in [0, 0.1) is 0 Å². The lowest BCUT2D eigenvalue weighted by Crippen LogP contribution is -1.88. The Morgan fingerprint density at radius 2 is 0.444 bits per heavy atom. The van der Waals surface area contributed by atoms with Gasteiger partial charge in [-0.3, -0.25) is 0 Å². The Morgan fingerprint density at radius 3 is 0.611 bits per heavy atom. The Bertz CT molecular complexity index is 563. The van der Waals surface area contributed by atoms with Crippen molar-refractivity contribution in [3.05, 3.63) is 35.8 Å². The summed E-state index contributed by atoms with van der Waals surface area (Å²) in [6.07, 6.45) is 0. The predicted molar refractivity (Wildman–Crippen MR) is 106 cm³/mol. The van der Waals surface area contributed by atoms with Crippen molar-refractivity contribution in [3.8, 4) is 0 Å². The number of halogens is 8. The van der Waals surface area contributed by atoms with E-state index in [0.29, 0.717) is 0 Å². The zero-order chi connectivity index (χ0) is 13.8. The van der Waals surface area contributed by atoms with Crippen molar-refractivity contribution in [2.75, 3.05) is 0 Å². The highest BCUT2D eigenvalue weighted by Gasteiger charge is 2.22. The first-order chi connectivity index (χ1) is 8.29. The predicted octanol–water partition coefficient (Wildman–Crippen LogP) is 8.94. The van der Waals surface area contributed by atoms with E-state index >= 15 is 0 Å². The van der Waals surface area contributed by atoms with E-state index in [9.17, 15) is 0 Å². The SMILES string of the molecule is Brc1c(Br)c(Br)c2c(Br)c(Br)c(Br)c(Br)c2c1Br. The van der Waals surface area contributed by atoms with Gasteiger partial charge in [-0.15, -0.1) is 0 Å². The van der Waals surface area contributed by atoms with Crippen LogP contribution < -0.4 is 0 Å². The molecule has 2 aromatic rings.